The third kappa shape index (κ3) is 3.42. The van der Waals surface area contributed by atoms with Crippen molar-refractivity contribution in [3.05, 3.63) is 149 Å². The molecule has 2 aliphatic heterocycles. The number of hydrogen-bond acceptors (Lipinski definition) is 4. The summed E-state index contributed by atoms with van der Waals surface area (Å²) in [7, 11) is 0. The molecule has 4 nitrogen and oxygen atoms in total. The second kappa shape index (κ2) is 8.95. The highest BCUT2D eigenvalue weighted by molar-refractivity contribution is 5.99. The number of anilines is 3. The molecule has 0 bridgehead atoms. The highest BCUT2D eigenvalue weighted by atomic mass is 16.5. The van der Waals surface area contributed by atoms with Crippen LogP contribution in [0.5, 0.6) is 11.5 Å². The largest absolute Gasteiger partial charge is 0.456 e. The lowest BCUT2D eigenvalue weighted by Crippen LogP contribution is -2.32. The fourth-order valence-electron chi connectivity index (χ4n) is 7.05. The first-order chi connectivity index (χ1) is 21.5. The Labute approximate surface area is 254 Å². The Hall–Kier alpha value is -5.61. The Balaban J connectivity index is 1.25. The molecule has 0 saturated heterocycles. The topological polar surface area (TPSA) is 42.7 Å². The Morgan fingerprint density at radius 2 is 1.25 bits per heavy atom. The van der Waals surface area contributed by atoms with Gasteiger partial charge in [0.2, 0.25) is 5.43 Å². The lowest BCUT2D eigenvalue weighted by Gasteiger charge is -2.45. The van der Waals surface area contributed by atoms with E-state index in [0.717, 1.165) is 50.8 Å². The molecule has 6 aromatic carbocycles. The zero-order valence-electron chi connectivity index (χ0n) is 24.3. The molecule has 3 heterocycles. The normalized spacial score (nSPS) is 14.1. The first-order valence-corrected chi connectivity index (χ1v) is 14.9. The Bertz CT molecular complexity index is 2380. The number of hydrogen-bond donors (Lipinski definition) is 0. The number of rotatable bonds is 2. The van der Waals surface area contributed by atoms with Crippen molar-refractivity contribution in [2.24, 2.45) is 0 Å². The van der Waals surface area contributed by atoms with Crippen LogP contribution < -0.4 is 15.1 Å². The summed E-state index contributed by atoms with van der Waals surface area (Å²) < 4.78 is 12.5. The average Bonchev–Trinajstić information content (AvgIpc) is 3.06. The molecule has 9 rings (SSSR count). The van der Waals surface area contributed by atoms with Crippen LogP contribution >= 0.6 is 0 Å². The van der Waals surface area contributed by atoms with Crippen LogP contribution in [0, 0.1) is 0 Å². The van der Waals surface area contributed by atoms with E-state index in [2.05, 4.69) is 91.5 Å². The van der Waals surface area contributed by atoms with E-state index in [1.54, 1.807) is 0 Å². The summed E-state index contributed by atoms with van der Waals surface area (Å²) in [6.45, 7) is 4.59. The van der Waals surface area contributed by atoms with Gasteiger partial charge in [0.15, 0.2) is 11.5 Å². The van der Waals surface area contributed by atoms with Gasteiger partial charge >= 0.3 is 0 Å². The minimum atomic E-state index is -0.240. The van der Waals surface area contributed by atoms with Gasteiger partial charge in [-0.05, 0) is 76.3 Å². The Kier molecular flexibility index (Phi) is 5.07. The molecule has 0 N–H and O–H groups in total. The van der Waals surface area contributed by atoms with E-state index in [-0.39, 0.29) is 10.8 Å². The van der Waals surface area contributed by atoms with Crippen LogP contribution in [0.25, 0.3) is 44.2 Å². The second-order valence-electron chi connectivity index (χ2n) is 12.1. The number of nitrogens with zero attached hydrogens (tertiary/aromatic N) is 1. The maximum atomic E-state index is 13.4. The zero-order chi connectivity index (χ0) is 29.6. The molecule has 44 heavy (non-hydrogen) atoms. The van der Waals surface area contributed by atoms with Crippen LogP contribution in [0.3, 0.4) is 0 Å². The van der Waals surface area contributed by atoms with Gasteiger partial charge in [-0.1, -0.05) is 92.7 Å². The number of fused-ring (bicyclic) bond motifs is 6. The molecule has 0 radical (unpaired) electrons. The smallest absolute Gasteiger partial charge is 0.200 e. The van der Waals surface area contributed by atoms with Crippen LogP contribution in [0.4, 0.5) is 17.1 Å². The molecular weight excluding hydrogens is 542 g/mol. The van der Waals surface area contributed by atoms with E-state index in [0.29, 0.717) is 21.9 Å². The van der Waals surface area contributed by atoms with E-state index in [1.807, 2.05) is 54.6 Å². The van der Waals surface area contributed by atoms with Crippen molar-refractivity contribution in [2.45, 2.75) is 19.3 Å². The van der Waals surface area contributed by atoms with Crippen LogP contribution in [0.15, 0.2) is 137 Å². The molecule has 0 unspecified atom stereocenters. The van der Waals surface area contributed by atoms with Crippen molar-refractivity contribution in [1.82, 2.24) is 0 Å². The second-order valence-corrected chi connectivity index (χ2v) is 12.1. The number of ether oxygens (including phenoxy) is 1. The maximum Gasteiger partial charge on any atom is 0.200 e. The fraction of sp³-hybridized carbons (Fsp3) is 0.0750. The van der Waals surface area contributed by atoms with Crippen molar-refractivity contribution >= 4 is 39.0 Å². The summed E-state index contributed by atoms with van der Waals surface area (Å²) in [6.07, 6.45) is 0. The average molecular weight is 570 g/mol. The molecule has 0 fully saturated rings. The van der Waals surface area contributed by atoms with Gasteiger partial charge in [-0.3, -0.25) is 4.79 Å². The molecular formula is C40H27NO3. The Morgan fingerprint density at radius 1 is 0.568 bits per heavy atom. The van der Waals surface area contributed by atoms with Gasteiger partial charge in [0.25, 0.3) is 0 Å². The van der Waals surface area contributed by atoms with Gasteiger partial charge in [0, 0.05) is 11.0 Å². The summed E-state index contributed by atoms with van der Waals surface area (Å²) in [5, 5.41) is 1.18. The lowest BCUT2D eigenvalue weighted by atomic mass is 9.72. The summed E-state index contributed by atoms with van der Waals surface area (Å²) >= 11 is 0. The third-order valence-electron chi connectivity index (χ3n) is 9.24. The van der Waals surface area contributed by atoms with E-state index in [4.69, 9.17) is 9.15 Å². The predicted octanol–water partition coefficient (Wildman–Crippen LogP) is 10.5. The molecule has 210 valence electrons. The van der Waals surface area contributed by atoms with Gasteiger partial charge in [-0.25, -0.2) is 0 Å². The summed E-state index contributed by atoms with van der Waals surface area (Å²) in [5.74, 6) is 1.71. The van der Waals surface area contributed by atoms with Crippen LogP contribution in [0.1, 0.15) is 25.0 Å². The molecule has 1 aromatic heterocycles. The molecule has 0 saturated carbocycles. The van der Waals surface area contributed by atoms with Crippen molar-refractivity contribution < 1.29 is 9.15 Å². The molecule has 0 atom stereocenters. The van der Waals surface area contributed by atoms with E-state index >= 15 is 0 Å². The quantitative estimate of drug-likeness (QED) is 0.194. The zero-order valence-corrected chi connectivity index (χ0v) is 24.3. The molecule has 2 aliphatic rings. The molecule has 0 aliphatic carbocycles. The van der Waals surface area contributed by atoms with Crippen LogP contribution in [-0.2, 0) is 5.41 Å². The van der Waals surface area contributed by atoms with E-state index < -0.39 is 0 Å². The van der Waals surface area contributed by atoms with Crippen molar-refractivity contribution in [2.75, 3.05) is 4.90 Å². The monoisotopic (exact) mass is 569 g/mol. The van der Waals surface area contributed by atoms with Crippen molar-refractivity contribution in [3.63, 3.8) is 0 Å². The first-order valence-electron chi connectivity index (χ1n) is 14.9. The Morgan fingerprint density at radius 3 is 2.16 bits per heavy atom. The maximum absolute atomic E-state index is 13.4. The highest BCUT2D eigenvalue weighted by Crippen LogP contribution is 2.61. The summed E-state index contributed by atoms with van der Waals surface area (Å²) in [5.41, 5.74) is 11.0. The summed E-state index contributed by atoms with van der Waals surface area (Å²) in [6, 6.07) is 43.1. The van der Waals surface area contributed by atoms with Gasteiger partial charge in [0.1, 0.15) is 11.2 Å². The highest BCUT2D eigenvalue weighted by Gasteiger charge is 2.42. The SMILES string of the molecule is CC1(C)c2cccc3c2N(c2ccccc2O3)c2c(-c3cccc(-c4ccc5oc6ccccc6c(=O)c5c4)c3)cccc21. The molecule has 4 heteroatoms. The summed E-state index contributed by atoms with van der Waals surface area (Å²) in [4.78, 5) is 15.8. The number of para-hydroxylation sites is 5. The minimum absolute atomic E-state index is 0.0142. The fourth-order valence-corrected chi connectivity index (χ4v) is 7.05. The third-order valence-corrected chi connectivity index (χ3v) is 9.24. The van der Waals surface area contributed by atoms with Gasteiger partial charge in [0.05, 0.1) is 27.8 Å². The molecule has 7 aromatic rings. The van der Waals surface area contributed by atoms with Crippen molar-refractivity contribution in [1.29, 1.82) is 0 Å². The van der Waals surface area contributed by atoms with E-state index in [1.165, 1.54) is 11.1 Å². The van der Waals surface area contributed by atoms with Gasteiger partial charge in [-0.2, -0.15) is 0 Å². The van der Waals surface area contributed by atoms with Crippen molar-refractivity contribution in [3.8, 4) is 33.8 Å². The molecule has 0 spiro atoms. The van der Waals surface area contributed by atoms with Gasteiger partial charge < -0.3 is 14.1 Å². The molecule has 0 amide bonds. The number of benzene rings is 6. The minimum Gasteiger partial charge on any atom is -0.456 e. The van der Waals surface area contributed by atoms with Crippen LogP contribution in [-0.4, -0.2) is 0 Å². The lowest BCUT2D eigenvalue weighted by molar-refractivity contribution is 0.471. The predicted molar refractivity (Wildman–Crippen MR) is 178 cm³/mol. The van der Waals surface area contributed by atoms with Gasteiger partial charge in [-0.15, -0.1) is 0 Å². The first kappa shape index (κ1) is 24.9. The van der Waals surface area contributed by atoms with Crippen LogP contribution in [0.2, 0.25) is 0 Å². The standard InChI is InChI=1S/C40H27NO3/c1-40(2)30-14-8-13-27(37(30)41-32-16-4-6-18-35(32)44-36-19-9-15-31(40)38(36)41)26-11-7-10-24(22-26)25-20-21-34-29(23-25)39(42)28-12-3-5-17-33(28)43-34/h3-23H,1-2H3. The van der Waals surface area contributed by atoms with E-state index in [9.17, 15) is 4.79 Å².